The van der Waals surface area contributed by atoms with Crippen LogP contribution in [0.25, 0.3) is 0 Å². The van der Waals surface area contributed by atoms with E-state index in [-0.39, 0.29) is 12.0 Å². The van der Waals surface area contributed by atoms with Crippen molar-refractivity contribution >= 4 is 24.9 Å². The Kier molecular flexibility index (Phi) is 6.89. The molecule has 92 valence electrons. The van der Waals surface area contributed by atoms with Gasteiger partial charge in [-0.15, -0.1) is 0 Å². The van der Waals surface area contributed by atoms with Crippen LogP contribution in [0.5, 0.6) is 0 Å². The third kappa shape index (κ3) is 4.65. The zero-order valence-corrected chi connectivity index (χ0v) is 11.9. The van der Waals surface area contributed by atoms with E-state index in [0.29, 0.717) is 0 Å². The fourth-order valence-electron chi connectivity index (χ4n) is 1.89. The van der Waals surface area contributed by atoms with E-state index in [4.69, 9.17) is 16.9 Å². The van der Waals surface area contributed by atoms with E-state index in [2.05, 4.69) is 20.0 Å². The Bertz CT molecular complexity index is 276. The fourth-order valence-corrected chi connectivity index (χ4v) is 5.43. The van der Waals surface area contributed by atoms with Crippen LogP contribution in [0.1, 0.15) is 26.2 Å². The Morgan fingerprint density at radius 2 is 2.12 bits per heavy atom. The second-order valence-electron chi connectivity index (χ2n) is 4.81. The van der Waals surface area contributed by atoms with E-state index >= 15 is 0 Å². The number of carbonyl (C=O) groups excluding carboxylic acids is 1. The predicted octanol–water partition coefficient (Wildman–Crippen LogP) is 2.91. The molecule has 0 spiro atoms. The van der Waals surface area contributed by atoms with Gasteiger partial charge >= 0.3 is 0 Å². The smallest absolute Gasteiger partial charge is 0.250 e. The van der Waals surface area contributed by atoms with Gasteiger partial charge in [0.1, 0.15) is 6.10 Å². The highest BCUT2D eigenvalue weighted by Crippen LogP contribution is 2.34. The largest absolute Gasteiger partial charge is 0.384 e. The SMILES string of the molecule is CCCC[Si](C)(C)C(CC#N)C(O)C(=O)Cl. The molecule has 1 N–H and O–H groups in total. The quantitative estimate of drug-likeness (QED) is 0.566. The Hall–Kier alpha value is -0.373. The summed E-state index contributed by atoms with van der Waals surface area (Å²) in [5.41, 5.74) is -0.256. The van der Waals surface area contributed by atoms with E-state index in [9.17, 15) is 9.90 Å². The summed E-state index contributed by atoms with van der Waals surface area (Å²) in [6.07, 6.45) is 1.19. The summed E-state index contributed by atoms with van der Waals surface area (Å²) in [5.74, 6) is 0. The number of unbranched alkanes of at least 4 members (excludes halogenated alkanes) is 1. The summed E-state index contributed by atoms with van der Waals surface area (Å²) in [5, 5.41) is 17.8. The first-order valence-corrected chi connectivity index (χ1v) is 9.27. The van der Waals surface area contributed by atoms with E-state index < -0.39 is 19.4 Å². The number of rotatable bonds is 7. The van der Waals surface area contributed by atoms with Gasteiger partial charge in [-0.1, -0.05) is 38.9 Å². The molecule has 0 fully saturated rings. The van der Waals surface area contributed by atoms with Crippen LogP contribution < -0.4 is 0 Å². The van der Waals surface area contributed by atoms with Crippen molar-refractivity contribution in [2.24, 2.45) is 0 Å². The van der Waals surface area contributed by atoms with Crippen LogP contribution >= 0.6 is 11.6 Å². The Balaban J connectivity index is 4.75. The number of nitrogens with zero attached hydrogens (tertiary/aromatic N) is 1. The lowest BCUT2D eigenvalue weighted by Gasteiger charge is -2.33. The van der Waals surface area contributed by atoms with E-state index in [1.54, 1.807) is 0 Å². The summed E-state index contributed by atoms with van der Waals surface area (Å²) < 4.78 is 0. The molecule has 0 aromatic heterocycles. The molecule has 0 radical (unpaired) electrons. The van der Waals surface area contributed by atoms with Crippen molar-refractivity contribution in [2.75, 3.05) is 0 Å². The Labute approximate surface area is 103 Å². The fraction of sp³-hybridized carbons (Fsp3) is 0.818. The molecule has 0 saturated heterocycles. The zero-order valence-electron chi connectivity index (χ0n) is 10.2. The van der Waals surface area contributed by atoms with Gasteiger partial charge in [-0.25, -0.2) is 0 Å². The molecular formula is C11H20ClNO2Si. The molecule has 5 heteroatoms. The van der Waals surface area contributed by atoms with Crippen LogP contribution in [0, 0.1) is 11.3 Å². The molecule has 0 aromatic carbocycles. The summed E-state index contributed by atoms with van der Waals surface area (Å²) in [6.45, 7) is 6.31. The van der Waals surface area contributed by atoms with Gasteiger partial charge in [-0.3, -0.25) is 4.79 Å². The van der Waals surface area contributed by atoms with Crippen molar-refractivity contribution in [1.29, 1.82) is 5.26 Å². The van der Waals surface area contributed by atoms with E-state index in [0.717, 1.165) is 18.9 Å². The Morgan fingerprint density at radius 1 is 1.56 bits per heavy atom. The molecule has 2 unspecified atom stereocenters. The number of aliphatic hydroxyl groups is 1. The molecule has 2 atom stereocenters. The second kappa shape index (κ2) is 7.05. The van der Waals surface area contributed by atoms with Crippen molar-refractivity contribution in [2.45, 2.75) is 57.0 Å². The molecule has 0 heterocycles. The van der Waals surface area contributed by atoms with Gasteiger partial charge < -0.3 is 5.11 Å². The normalized spacial score (nSPS) is 15.2. The summed E-state index contributed by atoms with van der Waals surface area (Å²) in [6, 6.07) is 3.06. The molecule has 16 heavy (non-hydrogen) atoms. The number of halogens is 1. The van der Waals surface area contributed by atoms with Gasteiger partial charge in [-0.05, 0) is 11.6 Å². The highest BCUT2D eigenvalue weighted by Gasteiger charge is 2.38. The van der Waals surface area contributed by atoms with Crippen LogP contribution in [-0.2, 0) is 4.79 Å². The lowest BCUT2D eigenvalue weighted by molar-refractivity contribution is -0.119. The molecule has 0 aliphatic heterocycles. The standard InChI is InChI=1S/C11H20ClNO2Si/c1-4-5-8-16(2,3)9(6-7-13)10(14)11(12)15/h9-10,14H,4-6,8H2,1-3H3. The molecule has 0 aliphatic carbocycles. The summed E-state index contributed by atoms with van der Waals surface area (Å²) >= 11 is 5.32. The number of hydrogen-bond donors (Lipinski definition) is 1. The minimum absolute atomic E-state index is 0.211. The Morgan fingerprint density at radius 3 is 2.50 bits per heavy atom. The maximum absolute atomic E-state index is 11.0. The number of aliphatic hydroxyl groups excluding tert-OH is 1. The second-order valence-corrected chi connectivity index (χ2v) is 10.4. The summed E-state index contributed by atoms with van der Waals surface area (Å²) in [4.78, 5) is 11.0. The first-order valence-electron chi connectivity index (χ1n) is 5.61. The summed E-state index contributed by atoms with van der Waals surface area (Å²) in [7, 11) is -1.78. The van der Waals surface area contributed by atoms with Crippen molar-refractivity contribution in [3.63, 3.8) is 0 Å². The molecule has 0 aromatic rings. The maximum Gasteiger partial charge on any atom is 0.250 e. The zero-order chi connectivity index (χ0) is 12.8. The van der Waals surface area contributed by atoms with Crippen molar-refractivity contribution < 1.29 is 9.90 Å². The maximum atomic E-state index is 11.0. The molecule has 0 saturated carbocycles. The number of nitriles is 1. The highest BCUT2D eigenvalue weighted by molar-refractivity contribution is 6.80. The monoisotopic (exact) mass is 261 g/mol. The van der Waals surface area contributed by atoms with E-state index in [1.807, 2.05) is 6.07 Å². The van der Waals surface area contributed by atoms with Gasteiger partial charge in [0.2, 0.25) is 5.24 Å². The van der Waals surface area contributed by atoms with Crippen LogP contribution in [0.15, 0.2) is 0 Å². The molecule has 0 amide bonds. The van der Waals surface area contributed by atoms with Crippen LogP contribution in [0.3, 0.4) is 0 Å². The average molecular weight is 262 g/mol. The number of carbonyl (C=O) groups is 1. The molecule has 0 rings (SSSR count). The van der Waals surface area contributed by atoms with Crippen LogP contribution in [0.2, 0.25) is 24.7 Å². The van der Waals surface area contributed by atoms with Gasteiger partial charge in [0.05, 0.1) is 14.1 Å². The first-order chi connectivity index (χ1) is 7.36. The minimum Gasteiger partial charge on any atom is -0.384 e. The topological polar surface area (TPSA) is 61.1 Å². The molecular weight excluding hydrogens is 242 g/mol. The first kappa shape index (κ1) is 15.6. The lowest BCUT2D eigenvalue weighted by atomic mass is 10.2. The van der Waals surface area contributed by atoms with Crippen molar-refractivity contribution in [1.82, 2.24) is 0 Å². The van der Waals surface area contributed by atoms with Gasteiger partial charge in [0, 0.05) is 12.0 Å². The minimum atomic E-state index is -1.78. The third-order valence-electron chi connectivity index (χ3n) is 3.10. The van der Waals surface area contributed by atoms with Crippen LogP contribution in [-0.4, -0.2) is 24.5 Å². The van der Waals surface area contributed by atoms with Crippen LogP contribution in [0.4, 0.5) is 0 Å². The molecule has 3 nitrogen and oxygen atoms in total. The average Bonchev–Trinajstić information content (AvgIpc) is 2.21. The van der Waals surface area contributed by atoms with E-state index in [1.165, 1.54) is 0 Å². The third-order valence-corrected chi connectivity index (χ3v) is 7.50. The lowest BCUT2D eigenvalue weighted by Crippen LogP contribution is -2.41. The molecule has 0 aliphatic rings. The predicted molar refractivity (Wildman–Crippen MR) is 68.0 cm³/mol. The van der Waals surface area contributed by atoms with Gasteiger partial charge in [0.15, 0.2) is 0 Å². The highest BCUT2D eigenvalue weighted by atomic mass is 35.5. The molecule has 0 bridgehead atoms. The van der Waals surface area contributed by atoms with Crippen molar-refractivity contribution in [3.05, 3.63) is 0 Å². The van der Waals surface area contributed by atoms with Gasteiger partial charge in [-0.2, -0.15) is 5.26 Å². The number of hydrogen-bond acceptors (Lipinski definition) is 3. The van der Waals surface area contributed by atoms with Crippen molar-refractivity contribution in [3.8, 4) is 6.07 Å². The van der Waals surface area contributed by atoms with Gasteiger partial charge in [0.25, 0.3) is 0 Å².